The molecule has 2 heterocycles. The Morgan fingerprint density at radius 2 is 1.79 bits per heavy atom. The van der Waals surface area contributed by atoms with Crippen LogP contribution in [0.5, 0.6) is 0 Å². The highest BCUT2D eigenvalue weighted by Gasteiger charge is 2.25. The summed E-state index contributed by atoms with van der Waals surface area (Å²) in [7, 11) is 0. The number of amides is 2. The van der Waals surface area contributed by atoms with Crippen molar-refractivity contribution in [2.45, 2.75) is 22.8 Å². The lowest BCUT2D eigenvalue weighted by molar-refractivity contribution is 0.0680. The highest BCUT2D eigenvalue weighted by atomic mass is 32.2. The monoisotopic (exact) mass is 415 g/mol. The van der Waals surface area contributed by atoms with Gasteiger partial charge in [-0.05, 0) is 55.5 Å². The molecule has 1 aliphatic rings. The largest absolute Gasteiger partial charge is 0.352 e. The van der Waals surface area contributed by atoms with Gasteiger partial charge in [0.15, 0.2) is 0 Å². The minimum Gasteiger partial charge on any atom is -0.352 e. The SMILES string of the molecule is CSc1ccccc1C(=O)NCC1CCN(C(=O)c2cccnc2SC)CC1. The van der Waals surface area contributed by atoms with E-state index >= 15 is 0 Å². The van der Waals surface area contributed by atoms with E-state index in [0.29, 0.717) is 31.1 Å². The Morgan fingerprint density at radius 3 is 2.50 bits per heavy atom. The van der Waals surface area contributed by atoms with E-state index in [2.05, 4.69) is 10.3 Å². The molecule has 0 saturated carbocycles. The van der Waals surface area contributed by atoms with Gasteiger partial charge in [0.05, 0.1) is 11.1 Å². The van der Waals surface area contributed by atoms with Crippen LogP contribution < -0.4 is 5.32 Å². The van der Waals surface area contributed by atoms with Crippen LogP contribution in [0.1, 0.15) is 33.6 Å². The van der Waals surface area contributed by atoms with Crippen molar-refractivity contribution >= 4 is 35.3 Å². The number of carbonyl (C=O) groups is 2. The highest BCUT2D eigenvalue weighted by molar-refractivity contribution is 7.98. The molecule has 1 aliphatic heterocycles. The van der Waals surface area contributed by atoms with Crippen molar-refractivity contribution in [3.8, 4) is 0 Å². The maximum absolute atomic E-state index is 12.8. The number of nitrogens with one attached hydrogen (secondary N) is 1. The topological polar surface area (TPSA) is 62.3 Å². The first-order valence-corrected chi connectivity index (χ1v) is 11.8. The highest BCUT2D eigenvalue weighted by Crippen LogP contribution is 2.23. The van der Waals surface area contributed by atoms with Gasteiger partial charge in [0.1, 0.15) is 5.03 Å². The Bertz CT molecular complexity index is 836. The average Bonchev–Trinajstić information content (AvgIpc) is 2.77. The van der Waals surface area contributed by atoms with Crippen LogP contribution in [0.4, 0.5) is 0 Å². The Hall–Kier alpha value is -1.99. The lowest BCUT2D eigenvalue weighted by Gasteiger charge is -2.32. The van der Waals surface area contributed by atoms with Crippen LogP contribution in [0, 0.1) is 5.92 Å². The molecule has 7 heteroatoms. The predicted octanol–water partition coefficient (Wildman–Crippen LogP) is 3.81. The van der Waals surface area contributed by atoms with Gasteiger partial charge in [0.2, 0.25) is 0 Å². The van der Waals surface area contributed by atoms with Gasteiger partial charge in [-0.15, -0.1) is 23.5 Å². The Labute approximate surface area is 174 Å². The summed E-state index contributed by atoms with van der Waals surface area (Å²) < 4.78 is 0. The van der Waals surface area contributed by atoms with Crippen molar-refractivity contribution < 1.29 is 9.59 Å². The van der Waals surface area contributed by atoms with Crippen LogP contribution in [0.15, 0.2) is 52.5 Å². The first kappa shape index (κ1) is 20.7. The molecule has 1 aromatic carbocycles. The Morgan fingerprint density at radius 1 is 1.07 bits per heavy atom. The van der Waals surface area contributed by atoms with E-state index in [1.165, 1.54) is 11.8 Å². The molecule has 3 rings (SSSR count). The summed E-state index contributed by atoms with van der Waals surface area (Å²) in [5.41, 5.74) is 1.40. The molecule has 0 radical (unpaired) electrons. The van der Waals surface area contributed by atoms with Gasteiger partial charge < -0.3 is 10.2 Å². The van der Waals surface area contributed by atoms with Crippen molar-refractivity contribution in [3.05, 3.63) is 53.7 Å². The number of aromatic nitrogens is 1. The van der Waals surface area contributed by atoms with Gasteiger partial charge in [-0.3, -0.25) is 9.59 Å². The maximum Gasteiger partial charge on any atom is 0.256 e. The molecule has 1 aromatic heterocycles. The number of likely N-dealkylation sites (tertiary alicyclic amines) is 1. The second-order valence-electron chi connectivity index (χ2n) is 6.71. The first-order valence-electron chi connectivity index (χ1n) is 9.33. The van der Waals surface area contributed by atoms with Crippen molar-refractivity contribution in [1.29, 1.82) is 0 Å². The van der Waals surface area contributed by atoms with E-state index < -0.39 is 0 Å². The zero-order valence-electron chi connectivity index (χ0n) is 16.2. The summed E-state index contributed by atoms with van der Waals surface area (Å²) in [6.45, 7) is 2.07. The second kappa shape index (κ2) is 9.98. The third kappa shape index (κ3) is 4.89. The van der Waals surface area contributed by atoms with Gasteiger partial charge in [0, 0.05) is 30.7 Å². The van der Waals surface area contributed by atoms with Gasteiger partial charge in [-0.1, -0.05) is 12.1 Å². The van der Waals surface area contributed by atoms with Crippen LogP contribution in [0.2, 0.25) is 0 Å². The number of nitrogens with zero attached hydrogens (tertiary/aromatic N) is 2. The number of hydrogen-bond donors (Lipinski definition) is 1. The summed E-state index contributed by atoms with van der Waals surface area (Å²) in [4.78, 5) is 32.5. The van der Waals surface area contributed by atoms with Crippen LogP contribution in [-0.2, 0) is 0 Å². The smallest absolute Gasteiger partial charge is 0.256 e. The summed E-state index contributed by atoms with van der Waals surface area (Å²) in [6.07, 6.45) is 7.41. The molecule has 1 N–H and O–H groups in total. The predicted molar refractivity (Wildman–Crippen MR) is 115 cm³/mol. The zero-order valence-corrected chi connectivity index (χ0v) is 17.8. The molecule has 5 nitrogen and oxygen atoms in total. The fourth-order valence-corrected chi connectivity index (χ4v) is 4.53. The summed E-state index contributed by atoms with van der Waals surface area (Å²) >= 11 is 3.07. The molecule has 148 valence electrons. The average molecular weight is 416 g/mol. The van der Waals surface area contributed by atoms with Gasteiger partial charge in [-0.2, -0.15) is 0 Å². The van der Waals surface area contributed by atoms with Crippen molar-refractivity contribution in [2.24, 2.45) is 5.92 Å². The molecule has 0 spiro atoms. The van der Waals surface area contributed by atoms with E-state index in [0.717, 1.165) is 28.3 Å². The fourth-order valence-electron chi connectivity index (χ4n) is 3.39. The van der Waals surface area contributed by atoms with Gasteiger partial charge in [-0.25, -0.2) is 4.98 Å². The third-order valence-corrected chi connectivity index (χ3v) is 6.51. The normalized spacial score (nSPS) is 14.7. The van der Waals surface area contributed by atoms with Crippen LogP contribution in [-0.4, -0.2) is 53.8 Å². The number of thioether (sulfide) groups is 2. The fraction of sp³-hybridized carbons (Fsp3) is 0.381. The van der Waals surface area contributed by atoms with Crippen molar-refractivity contribution in [1.82, 2.24) is 15.2 Å². The summed E-state index contributed by atoms with van der Waals surface area (Å²) in [6, 6.07) is 11.3. The Balaban J connectivity index is 1.52. The molecule has 0 atom stereocenters. The first-order chi connectivity index (χ1) is 13.6. The number of hydrogen-bond acceptors (Lipinski definition) is 5. The molecule has 2 amide bonds. The maximum atomic E-state index is 12.8. The molecule has 0 unspecified atom stereocenters. The van der Waals surface area contributed by atoms with E-state index in [-0.39, 0.29) is 11.8 Å². The van der Waals surface area contributed by atoms with E-state index in [1.807, 2.05) is 53.8 Å². The lowest BCUT2D eigenvalue weighted by Crippen LogP contribution is -2.41. The van der Waals surface area contributed by atoms with Crippen molar-refractivity contribution in [3.63, 3.8) is 0 Å². The van der Waals surface area contributed by atoms with Crippen LogP contribution >= 0.6 is 23.5 Å². The molecule has 1 fully saturated rings. The number of benzene rings is 1. The third-order valence-electron chi connectivity index (χ3n) is 5.00. The molecule has 2 aromatic rings. The number of pyridine rings is 1. The Kier molecular flexibility index (Phi) is 7.39. The molecular weight excluding hydrogens is 390 g/mol. The lowest BCUT2D eigenvalue weighted by atomic mass is 9.96. The molecule has 0 bridgehead atoms. The number of carbonyl (C=O) groups excluding carboxylic acids is 2. The molecular formula is C21H25N3O2S2. The standard InChI is InChI=1S/C21H25N3O2S2/c1-27-18-8-4-3-6-16(18)19(25)23-14-15-9-12-24(13-10-15)21(26)17-7-5-11-22-20(17)28-2/h3-8,11,15H,9-10,12-14H2,1-2H3,(H,23,25). The zero-order chi connectivity index (χ0) is 19.9. The quantitative estimate of drug-likeness (QED) is 0.727. The summed E-state index contributed by atoms with van der Waals surface area (Å²) in [5, 5.41) is 3.84. The molecule has 1 saturated heterocycles. The molecule has 28 heavy (non-hydrogen) atoms. The van der Waals surface area contributed by atoms with Gasteiger partial charge >= 0.3 is 0 Å². The molecule has 0 aliphatic carbocycles. The number of rotatable bonds is 6. The minimum absolute atomic E-state index is 0.0246. The summed E-state index contributed by atoms with van der Waals surface area (Å²) in [5.74, 6) is 0.417. The van der Waals surface area contributed by atoms with E-state index in [1.54, 1.807) is 18.0 Å². The van der Waals surface area contributed by atoms with E-state index in [9.17, 15) is 9.59 Å². The van der Waals surface area contributed by atoms with Gasteiger partial charge in [0.25, 0.3) is 11.8 Å². The number of piperidine rings is 1. The van der Waals surface area contributed by atoms with Crippen LogP contribution in [0.3, 0.4) is 0 Å². The van der Waals surface area contributed by atoms with Crippen molar-refractivity contribution in [2.75, 3.05) is 32.1 Å². The van der Waals surface area contributed by atoms with E-state index in [4.69, 9.17) is 0 Å². The second-order valence-corrected chi connectivity index (χ2v) is 8.35. The van der Waals surface area contributed by atoms with Crippen LogP contribution in [0.25, 0.3) is 0 Å². The minimum atomic E-state index is -0.0246.